The Hall–Kier alpha value is -0.410. The van der Waals surface area contributed by atoms with Crippen molar-refractivity contribution in [1.29, 1.82) is 0 Å². The molecule has 1 N–H and O–H groups in total. The van der Waals surface area contributed by atoms with Crippen LogP contribution in [0.25, 0.3) is 0 Å². The fourth-order valence-electron chi connectivity index (χ4n) is 2.75. The van der Waals surface area contributed by atoms with Crippen LogP contribution in [0.3, 0.4) is 0 Å². The smallest absolute Gasteiger partial charge is 0.122 e. The van der Waals surface area contributed by atoms with Gasteiger partial charge in [-0.3, -0.25) is 4.90 Å². The molecule has 0 amide bonds. The number of hydrogen-bond donors (Lipinski definition) is 1. The minimum atomic E-state index is -0.706. The van der Waals surface area contributed by atoms with Crippen LogP contribution in [0.5, 0.6) is 0 Å². The van der Waals surface area contributed by atoms with Crippen molar-refractivity contribution in [2.45, 2.75) is 43.7 Å². The Labute approximate surface area is 78.7 Å². The lowest BCUT2D eigenvalue weighted by molar-refractivity contribution is -0.113. The molecule has 2 atom stereocenters. The summed E-state index contributed by atoms with van der Waals surface area (Å²) in [6.45, 7) is 2.07. The van der Waals surface area contributed by atoms with Gasteiger partial charge in [-0.2, -0.15) is 0 Å². The van der Waals surface area contributed by atoms with Gasteiger partial charge in [0, 0.05) is 19.0 Å². The van der Waals surface area contributed by atoms with Crippen molar-refractivity contribution in [1.82, 2.24) is 4.90 Å². The van der Waals surface area contributed by atoms with Crippen LogP contribution >= 0.6 is 0 Å². The molecule has 2 aliphatic rings. The average Bonchev–Trinajstić information content (AvgIpc) is 2.46. The lowest BCUT2D eigenvalue weighted by atomic mass is 9.87. The third kappa shape index (κ3) is 1.51. The van der Waals surface area contributed by atoms with E-state index in [1.165, 1.54) is 12.8 Å². The third-order valence-corrected chi connectivity index (χ3v) is 3.50. The molecule has 2 unspecified atom stereocenters. The zero-order valence-electron chi connectivity index (χ0n) is 7.91. The molecule has 2 heterocycles. The van der Waals surface area contributed by atoms with E-state index < -0.39 is 5.60 Å². The number of hydrogen-bond acceptors (Lipinski definition) is 3. The molecular formula is C10H17NO2. The molecule has 0 aromatic rings. The molecule has 2 saturated heterocycles. The highest BCUT2D eigenvalue weighted by molar-refractivity contribution is 5.52. The lowest BCUT2D eigenvalue weighted by Crippen LogP contribution is -2.47. The van der Waals surface area contributed by atoms with Crippen LogP contribution in [0, 0.1) is 0 Å². The fourth-order valence-corrected chi connectivity index (χ4v) is 2.75. The van der Waals surface area contributed by atoms with Gasteiger partial charge in [-0.15, -0.1) is 0 Å². The molecule has 2 rings (SSSR count). The maximum atomic E-state index is 10.5. The number of rotatable bonds is 2. The first kappa shape index (κ1) is 9.16. The highest BCUT2D eigenvalue weighted by Gasteiger charge is 2.46. The SMILES string of the molecule is O=CCC1(O)CCN2CCCCC21. The first-order valence-corrected chi connectivity index (χ1v) is 5.16. The summed E-state index contributed by atoms with van der Waals surface area (Å²) in [5.74, 6) is 0. The Bertz CT molecular complexity index is 207. The summed E-state index contributed by atoms with van der Waals surface area (Å²) in [5, 5.41) is 10.2. The van der Waals surface area contributed by atoms with Crippen molar-refractivity contribution in [2.75, 3.05) is 13.1 Å². The third-order valence-electron chi connectivity index (χ3n) is 3.50. The molecule has 0 spiro atoms. The molecule has 3 heteroatoms. The highest BCUT2D eigenvalue weighted by atomic mass is 16.3. The Morgan fingerprint density at radius 2 is 2.31 bits per heavy atom. The van der Waals surface area contributed by atoms with E-state index in [9.17, 15) is 9.90 Å². The van der Waals surface area contributed by atoms with E-state index in [2.05, 4.69) is 4.90 Å². The van der Waals surface area contributed by atoms with Crippen molar-refractivity contribution in [3.8, 4) is 0 Å². The standard InChI is InChI=1S/C10H17NO2/c12-8-5-10(13)4-7-11-6-2-1-3-9(10)11/h8-9,13H,1-7H2. The van der Waals surface area contributed by atoms with Gasteiger partial charge in [0.2, 0.25) is 0 Å². The number of carbonyl (C=O) groups is 1. The van der Waals surface area contributed by atoms with Crippen molar-refractivity contribution in [2.24, 2.45) is 0 Å². The van der Waals surface area contributed by atoms with Gasteiger partial charge in [0.05, 0.1) is 5.60 Å². The van der Waals surface area contributed by atoms with Gasteiger partial charge in [-0.05, 0) is 25.8 Å². The Kier molecular flexibility index (Phi) is 2.39. The van der Waals surface area contributed by atoms with Crippen LogP contribution in [0.15, 0.2) is 0 Å². The summed E-state index contributed by atoms with van der Waals surface area (Å²) in [6.07, 6.45) is 5.45. The van der Waals surface area contributed by atoms with Gasteiger partial charge in [0.1, 0.15) is 6.29 Å². The van der Waals surface area contributed by atoms with Crippen molar-refractivity contribution >= 4 is 6.29 Å². The minimum Gasteiger partial charge on any atom is -0.388 e. The number of piperidine rings is 1. The molecular weight excluding hydrogens is 166 g/mol. The fraction of sp³-hybridized carbons (Fsp3) is 0.900. The van der Waals surface area contributed by atoms with Crippen molar-refractivity contribution < 1.29 is 9.90 Å². The summed E-state index contributed by atoms with van der Waals surface area (Å²) in [6, 6.07) is 0.256. The summed E-state index contributed by atoms with van der Waals surface area (Å²) in [4.78, 5) is 12.8. The molecule has 0 aromatic carbocycles. The summed E-state index contributed by atoms with van der Waals surface area (Å²) in [7, 11) is 0. The Morgan fingerprint density at radius 1 is 1.46 bits per heavy atom. The second-order valence-corrected chi connectivity index (χ2v) is 4.27. The first-order chi connectivity index (χ1) is 6.26. The molecule has 0 saturated carbocycles. The molecule has 0 aliphatic carbocycles. The average molecular weight is 183 g/mol. The van der Waals surface area contributed by atoms with Crippen molar-refractivity contribution in [3.05, 3.63) is 0 Å². The van der Waals surface area contributed by atoms with Crippen LogP contribution in [-0.2, 0) is 4.79 Å². The van der Waals surface area contributed by atoms with E-state index in [-0.39, 0.29) is 6.04 Å². The van der Waals surface area contributed by atoms with E-state index in [4.69, 9.17) is 0 Å². The monoisotopic (exact) mass is 183 g/mol. The van der Waals surface area contributed by atoms with E-state index in [0.717, 1.165) is 32.2 Å². The molecule has 2 fully saturated rings. The molecule has 2 aliphatic heterocycles. The van der Waals surface area contributed by atoms with Crippen LogP contribution in [0.4, 0.5) is 0 Å². The molecule has 74 valence electrons. The number of carbonyl (C=O) groups excluding carboxylic acids is 1. The maximum absolute atomic E-state index is 10.5. The second-order valence-electron chi connectivity index (χ2n) is 4.27. The second kappa shape index (κ2) is 3.39. The number of nitrogens with zero attached hydrogens (tertiary/aromatic N) is 1. The normalized spacial score (nSPS) is 40.2. The largest absolute Gasteiger partial charge is 0.388 e. The number of aliphatic hydroxyl groups is 1. The molecule has 0 radical (unpaired) electrons. The lowest BCUT2D eigenvalue weighted by Gasteiger charge is -2.36. The van der Waals surface area contributed by atoms with E-state index >= 15 is 0 Å². The molecule has 0 aromatic heterocycles. The molecule has 0 bridgehead atoms. The van der Waals surface area contributed by atoms with Gasteiger partial charge in [-0.25, -0.2) is 0 Å². The zero-order valence-corrected chi connectivity index (χ0v) is 7.91. The predicted octanol–water partition coefficient (Wildman–Crippen LogP) is 0.565. The number of aldehydes is 1. The van der Waals surface area contributed by atoms with Crippen LogP contribution in [-0.4, -0.2) is 41.0 Å². The van der Waals surface area contributed by atoms with Crippen LogP contribution < -0.4 is 0 Å². The van der Waals surface area contributed by atoms with Crippen molar-refractivity contribution in [3.63, 3.8) is 0 Å². The van der Waals surface area contributed by atoms with Gasteiger partial charge in [-0.1, -0.05) is 6.42 Å². The van der Waals surface area contributed by atoms with Gasteiger partial charge >= 0.3 is 0 Å². The van der Waals surface area contributed by atoms with Gasteiger partial charge < -0.3 is 9.90 Å². The quantitative estimate of drug-likeness (QED) is 0.636. The molecule has 13 heavy (non-hydrogen) atoms. The Morgan fingerprint density at radius 3 is 3.08 bits per heavy atom. The minimum absolute atomic E-state index is 0.256. The van der Waals surface area contributed by atoms with E-state index in [1.54, 1.807) is 0 Å². The van der Waals surface area contributed by atoms with E-state index in [1.807, 2.05) is 0 Å². The number of fused-ring (bicyclic) bond motifs is 1. The maximum Gasteiger partial charge on any atom is 0.122 e. The topological polar surface area (TPSA) is 40.5 Å². The molecule has 3 nitrogen and oxygen atoms in total. The summed E-state index contributed by atoms with van der Waals surface area (Å²) < 4.78 is 0. The van der Waals surface area contributed by atoms with E-state index in [0.29, 0.717) is 6.42 Å². The first-order valence-electron chi connectivity index (χ1n) is 5.16. The highest BCUT2D eigenvalue weighted by Crippen LogP contribution is 2.36. The van der Waals surface area contributed by atoms with Gasteiger partial charge in [0.15, 0.2) is 0 Å². The summed E-state index contributed by atoms with van der Waals surface area (Å²) >= 11 is 0. The van der Waals surface area contributed by atoms with Gasteiger partial charge in [0.25, 0.3) is 0 Å². The predicted molar refractivity (Wildman–Crippen MR) is 49.5 cm³/mol. The van der Waals surface area contributed by atoms with Crippen LogP contribution in [0.1, 0.15) is 32.1 Å². The zero-order chi connectivity index (χ0) is 9.31. The Balaban J connectivity index is 2.09. The van der Waals surface area contributed by atoms with Crippen LogP contribution in [0.2, 0.25) is 0 Å². The summed E-state index contributed by atoms with van der Waals surface area (Å²) in [5.41, 5.74) is -0.706.